The molecule has 6 heteroatoms. The van der Waals surface area contributed by atoms with Crippen molar-refractivity contribution in [3.05, 3.63) is 47.5 Å². The fraction of sp³-hybridized carbons (Fsp3) is 0.375. The molecule has 2 N–H and O–H groups in total. The van der Waals surface area contributed by atoms with Gasteiger partial charge in [-0.25, -0.2) is 9.97 Å². The van der Waals surface area contributed by atoms with Crippen LogP contribution in [0.15, 0.2) is 34.9 Å². The number of rotatable bonds is 2. The third-order valence-corrected chi connectivity index (χ3v) is 6.80. The van der Waals surface area contributed by atoms with E-state index in [1.54, 1.807) is 19.2 Å². The molecule has 4 aromatic rings. The quantitative estimate of drug-likeness (QED) is 0.505. The number of hydrogen-bond donors (Lipinski definition) is 2. The highest BCUT2D eigenvalue weighted by Crippen LogP contribution is 2.47. The largest absolute Gasteiger partial charge is 0.507 e. The highest BCUT2D eigenvalue weighted by atomic mass is 16.3. The molecule has 1 aliphatic carbocycles. The first-order valence-electron chi connectivity index (χ1n) is 10.6. The zero-order valence-corrected chi connectivity index (χ0v) is 17.2. The molecule has 6 rings (SSSR count). The molecule has 0 amide bonds. The molecule has 152 valence electrons. The van der Waals surface area contributed by atoms with Gasteiger partial charge in [0.25, 0.3) is 0 Å². The van der Waals surface area contributed by atoms with Gasteiger partial charge in [0.1, 0.15) is 11.3 Å². The van der Waals surface area contributed by atoms with Crippen LogP contribution in [0.2, 0.25) is 0 Å². The summed E-state index contributed by atoms with van der Waals surface area (Å²) in [4.78, 5) is 13.8. The Hall–Kier alpha value is -2.99. The van der Waals surface area contributed by atoms with Crippen molar-refractivity contribution in [3.8, 4) is 17.0 Å². The lowest BCUT2D eigenvalue weighted by Gasteiger charge is -2.30. The predicted molar refractivity (Wildman–Crippen MR) is 116 cm³/mol. The van der Waals surface area contributed by atoms with Crippen LogP contribution in [0.25, 0.3) is 33.4 Å². The Bertz CT molecular complexity index is 1310. The number of aromatic nitrogens is 3. The second kappa shape index (κ2) is 6.25. The first kappa shape index (κ1) is 17.8. The monoisotopic (exact) mass is 400 g/mol. The molecule has 0 bridgehead atoms. The smallest absolute Gasteiger partial charge is 0.192 e. The maximum atomic E-state index is 10.7. The molecule has 0 unspecified atom stereocenters. The Kier molecular flexibility index (Phi) is 3.72. The number of nitrogens with zero attached hydrogens (tertiary/aromatic N) is 3. The Labute approximate surface area is 174 Å². The maximum Gasteiger partial charge on any atom is 0.192 e. The summed E-state index contributed by atoms with van der Waals surface area (Å²) < 4.78 is 5.68. The number of aryl methyl sites for hydroxylation is 2. The van der Waals surface area contributed by atoms with Crippen LogP contribution in [0.5, 0.6) is 5.75 Å². The van der Waals surface area contributed by atoms with Crippen LogP contribution in [0.3, 0.4) is 0 Å². The molecular weight excluding hydrogens is 376 g/mol. The van der Waals surface area contributed by atoms with E-state index < -0.39 is 0 Å². The molecule has 1 spiro atoms. The molecule has 1 aliphatic heterocycles. The maximum absolute atomic E-state index is 10.7. The minimum Gasteiger partial charge on any atom is -0.507 e. The number of nitrogens with one attached hydrogen (secondary N) is 1. The summed E-state index contributed by atoms with van der Waals surface area (Å²) in [6, 6.07) is 8.24. The van der Waals surface area contributed by atoms with Gasteiger partial charge in [-0.3, -0.25) is 4.98 Å². The van der Waals surface area contributed by atoms with E-state index in [0.717, 1.165) is 17.6 Å². The zero-order valence-electron chi connectivity index (χ0n) is 17.2. The predicted octanol–water partition coefficient (Wildman–Crippen LogP) is 4.76. The summed E-state index contributed by atoms with van der Waals surface area (Å²) in [6.45, 7) is 4.74. The lowest BCUT2D eigenvalue weighted by atomic mass is 9.85. The van der Waals surface area contributed by atoms with E-state index in [0.29, 0.717) is 45.3 Å². The van der Waals surface area contributed by atoms with Gasteiger partial charge in [0, 0.05) is 23.6 Å². The molecular formula is C24H24N4O2. The van der Waals surface area contributed by atoms with E-state index in [1.165, 1.54) is 31.2 Å². The van der Waals surface area contributed by atoms with Gasteiger partial charge in [0.2, 0.25) is 0 Å². The normalized spacial score (nSPS) is 20.3. The van der Waals surface area contributed by atoms with E-state index in [4.69, 9.17) is 9.40 Å². The molecule has 2 fully saturated rings. The molecule has 2 aromatic heterocycles. The number of piperidine rings is 1. The number of benzene rings is 2. The summed E-state index contributed by atoms with van der Waals surface area (Å²) in [5, 5.41) is 14.4. The lowest BCUT2D eigenvalue weighted by Crippen LogP contribution is -2.39. The van der Waals surface area contributed by atoms with Gasteiger partial charge in [-0.1, -0.05) is 6.07 Å². The van der Waals surface area contributed by atoms with Gasteiger partial charge in [-0.15, -0.1) is 0 Å². The van der Waals surface area contributed by atoms with Gasteiger partial charge in [-0.05, 0) is 68.8 Å². The van der Waals surface area contributed by atoms with Crippen molar-refractivity contribution in [3.63, 3.8) is 0 Å². The lowest BCUT2D eigenvalue weighted by molar-refractivity contribution is 0.346. The standard InChI is InChI=1S/C24H24N4O2/c1-13-22-21(30-14(2)27-22)10-17(23(13)29)20-12-25-19-9-15(3-4-18(19)28-20)16-5-8-26-24(11-16)6-7-24/h3-4,9-10,12,16,26,29H,5-8,11H2,1-2H3/t16-/m0/s1. The number of fused-ring (bicyclic) bond motifs is 2. The molecule has 0 radical (unpaired) electrons. The van der Waals surface area contributed by atoms with Gasteiger partial charge in [-0.2, -0.15) is 0 Å². The third kappa shape index (κ3) is 2.78. The Morgan fingerprint density at radius 2 is 2.00 bits per heavy atom. The van der Waals surface area contributed by atoms with Crippen LogP contribution in [-0.4, -0.2) is 32.1 Å². The molecule has 1 atom stereocenters. The Morgan fingerprint density at radius 3 is 2.83 bits per heavy atom. The summed E-state index contributed by atoms with van der Waals surface area (Å²) in [6.07, 6.45) is 6.73. The summed E-state index contributed by atoms with van der Waals surface area (Å²) in [5.41, 5.74) is 6.75. The van der Waals surface area contributed by atoms with E-state index in [2.05, 4.69) is 33.5 Å². The van der Waals surface area contributed by atoms with Crippen LogP contribution in [0.4, 0.5) is 0 Å². The zero-order chi connectivity index (χ0) is 20.5. The van der Waals surface area contributed by atoms with E-state index >= 15 is 0 Å². The number of hydrogen-bond acceptors (Lipinski definition) is 6. The van der Waals surface area contributed by atoms with Gasteiger partial charge in [0.15, 0.2) is 11.5 Å². The van der Waals surface area contributed by atoms with Crippen molar-refractivity contribution in [2.75, 3.05) is 6.54 Å². The Balaban J connectivity index is 1.39. The second-order valence-corrected chi connectivity index (χ2v) is 8.88. The topological polar surface area (TPSA) is 84.1 Å². The average molecular weight is 400 g/mol. The van der Waals surface area contributed by atoms with Crippen LogP contribution >= 0.6 is 0 Å². The molecule has 30 heavy (non-hydrogen) atoms. The first-order valence-corrected chi connectivity index (χ1v) is 10.6. The van der Waals surface area contributed by atoms with Crippen molar-refractivity contribution in [2.45, 2.75) is 51.0 Å². The molecule has 2 aliphatic rings. The Morgan fingerprint density at radius 1 is 1.13 bits per heavy atom. The van der Waals surface area contributed by atoms with E-state index in [9.17, 15) is 5.11 Å². The number of phenolic OH excluding ortho intramolecular Hbond substituents is 1. The minimum absolute atomic E-state index is 0.172. The fourth-order valence-corrected chi connectivity index (χ4v) is 4.90. The van der Waals surface area contributed by atoms with Gasteiger partial charge >= 0.3 is 0 Å². The number of aromatic hydroxyl groups is 1. The van der Waals surface area contributed by atoms with Crippen LogP contribution in [0.1, 0.15) is 48.6 Å². The SMILES string of the molecule is Cc1nc2c(C)c(O)c(-c3cnc4cc([C@H]5CCNC6(CC6)C5)ccc4n3)cc2o1. The third-order valence-electron chi connectivity index (χ3n) is 6.80. The second-order valence-electron chi connectivity index (χ2n) is 8.88. The molecule has 3 heterocycles. The highest BCUT2D eigenvalue weighted by Gasteiger charge is 2.45. The van der Waals surface area contributed by atoms with Crippen LogP contribution < -0.4 is 5.32 Å². The minimum atomic E-state index is 0.172. The summed E-state index contributed by atoms with van der Waals surface area (Å²) in [7, 11) is 0. The average Bonchev–Trinajstić information content (AvgIpc) is 3.38. The van der Waals surface area contributed by atoms with Crippen molar-refractivity contribution in [1.29, 1.82) is 0 Å². The highest BCUT2D eigenvalue weighted by molar-refractivity contribution is 5.88. The van der Waals surface area contributed by atoms with Crippen LogP contribution in [0, 0.1) is 13.8 Å². The molecule has 6 nitrogen and oxygen atoms in total. The summed E-state index contributed by atoms with van der Waals surface area (Å²) in [5.74, 6) is 1.33. The van der Waals surface area contributed by atoms with Crippen molar-refractivity contribution in [2.24, 2.45) is 0 Å². The molecule has 1 saturated heterocycles. The van der Waals surface area contributed by atoms with E-state index in [-0.39, 0.29) is 5.75 Å². The van der Waals surface area contributed by atoms with Crippen molar-refractivity contribution in [1.82, 2.24) is 20.3 Å². The van der Waals surface area contributed by atoms with Gasteiger partial charge < -0.3 is 14.8 Å². The van der Waals surface area contributed by atoms with Gasteiger partial charge in [0.05, 0.1) is 22.9 Å². The summed E-state index contributed by atoms with van der Waals surface area (Å²) >= 11 is 0. The van der Waals surface area contributed by atoms with Crippen molar-refractivity contribution < 1.29 is 9.52 Å². The number of phenols is 1. The molecule has 1 saturated carbocycles. The number of oxazole rings is 1. The first-order chi connectivity index (χ1) is 14.5. The van der Waals surface area contributed by atoms with Crippen molar-refractivity contribution >= 4 is 22.1 Å². The fourth-order valence-electron chi connectivity index (χ4n) is 4.90. The van der Waals surface area contributed by atoms with E-state index in [1.807, 2.05) is 6.92 Å². The molecule has 2 aromatic carbocycles. The van der Waals surface area contributed by atoms with Crippen LogP contribution in [-0.2, 0) is 0 Å².